The molecular formula is C15H22N4O2. The number of likely N-dealkylation sites (tertiary alicyclic amines) is 1. The number of aryl methyl sites for hydroxylation is 1. The lowest BCUT2D eigenvalue weighted by atomic mass is 9.76. The van der Waals surface area contributed by atoms with Gasteiger partial charge < -0.3 is 4.90 Å². The molecule has 6 heteroatoms. The average molecular weight is 290 g/mol. The molecule has 0 spiro atoms. The molecule has 114 valence electrons. The smallest absolute Gasteiger partial charge is 0.278 e. The third kappa shape index (κ3) is 2.25. The molecule has 1 aromatic heterocycles. The van der Waals surface area contributed by atoms with Crippen LogP contribution in [0.1, 0.15) is 41.9 Å². The van der Waals surface area contributed by atoms with Gasteiger partial charge in [0.05, 0.1) is 0 Å². The van der Waals surface area contributed by atoms with Crippen LogP contribution in [0.3, 0.4) is 0 Å². The number of amides is 1. The highest BCUT2D eigenvalue weighted by molar-refractivity contribution is 5.93. The monoisotopic (exact) mass is 290 g/mol. The number of piperidine rings is 3. The van der Waals surface area contributed by atoms with Gasteiger partial charge in [-0.3, -0.25) is 9.69 Å². The van der Waals surface area contributed by atoms with Crippen molar-refractivity contribution in [2.75, 3.05) is 26.2 Å². The van der Waals surface area contributed by atoms with Crippen LogP contribution in [0.4, 0.5) is 0 Å². The Morgan fingerprint density at radius 3 is 2.95 bits per heavy atom. The van der Waals surface area contributed by atoms with E-state index in [2.05, 4.69) is 19.8 Å². The normalized spacial score (nSPS) is 32.8. The summed E-state index contributed by atoms with van der Waals surface area (Å²) in [7, 11) is 0. The molecule has 4 rings (SSSR count). The SMILES string of the molecule is Cc1nonc1C(=O)N1C[C@@H]2C[C@H](C1)[C@@H]1CCCCN1C2. The topological polar surface area (TPSA) is 62.5 Å². The van der Waals surface area contributed by atoms with E-state index in [1.807, 2.05) is 4.90 Å². The van der Waals surface area contributed by atoms with Gasteiger partial charge >= 0.3 is 0 Å². The summed E-state index contributed by atoms with van der Waals surface area (Å²) in [5, 5.41) is 7.51. The average Bonchev–Trinajstić information content (AvgIpc) is 2.92. The molecule has 3 aliphatic rings. The van der Waals surface area contributed by atoms with Crippen LogP contribution in [-0.4, -0.2) is 58.2 Å². The maximum atomic E-state index is 12.6. The molecule has 0 saturated carbocycles. The molecule has 3 saturated heterocycles. The van der Waals surface area contributed by atoms with Crippen molar-refractivity contribution in [3.8, 4) is 0 Å². The summed E-state index contributed by atoms with van der Waals surface area (Å²) < 4.78 is 4.68. The molecule has 6 nitrogen and oxygen atoms in total. The first-order valence-corrected chi connectivity index (χ1v) is 8.05. The van der Waals surface area contributed by atoms with Crippen molar-refractivity contribution in [3.05, 3.63) is 11.4 Å². The number of nitrogens with zero attached hydrogens (tertiary/aromatic N) is 4. The Bertz CT molecular complexity index is 544. The first kappa shape index (κ1) is 13.2. The zero-order valence-electron chi connectivity index (χ0n) is 12.5. The minimum atomic E-state index is -0.00675. The van der Waals surface area contributed by atoms with Crippen molar-refractivity contribution in [1.82, 2.24) is 20.1 Å². The van der Waals surface area contributed by atoms with Crippen molar-refractivity contribution in [1.29, 1.82) is 0 Å². The molecule has 21 heavy (non-hydrogen) atoms. The molecule has 3 atom stereocenters. The molecule has 0 N–H and O–H groups in total. The predicted molar refractivity (Wildman–Crippen MR) is 75.7 cm³/mol. The number of hydrogen-bond donors (Lipinski definition) is 0. The Labute approximate surface area is 124 Å². The molecule has 0 aromatic carbocycles. The van der Waals surface area contributed by atoms with Crippen molar-refractivity contribution in [2.24, 2.45) is 11.8 Å². The second kappa shape index (κ2) is 5.09. The molecule has 4 heterocycles. The van der Waals surface area contributed by atoms with Crippen LogP contribution in [0.5, 0.6) is 0 Å². The fraction of sp³-hybridized carbons (Fsp3) is 0.800. The van der Waals surface area contributed by atoms with Crippen LogP contribution in [-0.2, 0) is 0 Å². The van der Waals surface area contributed by atoms with E-state index in [1.165, 1.54) is 32.2 Å². The minimum absolute atomic E-state index is 0.00675. The van der Waals surface area contributed by atoms with E-state index in [4.69, 9.17) is 0 Å². The molecule has 0 aliphatic carbocycles. The third-order valence-electron chi connectivity index (χ3n) is 5.41. The van der Waals surface area contributed by atoms with Crippen LogP contribution in [0, 0.1) is 18.8 Å². The molecule has 3 fully saturated rings. The lowest BCUT2D eigenvalue weighted by molar-refractivity contribution is -0.0245. The number of fused-ring (bicyclic) bond motifs is 4. The van der Waals surface area contributed by atoms with Gasteiger partial charge in [-0.1, -0.05) is 11.6 Å². The summed E-state index contributed by atoms with van der Waals surface area (Å²) in [6.45, 7) is 5.89. The molecule has 2 bridgehead atoms. The summed E-state index contributed by atoms with van der Waals surface area (Å²) >= 11 is 0. The van der Waals surface area contributed by atoms with Crippen LogP contribution in [0.2, 0.25) is 0 Å². The lowest BCUT2D eigenvalue weighted by Gasteiger charge is -2.52. The minimum Gasteiger partial charge on any atom is -0.336 e. The number of aromatic nitrogens is 2. The fourth-order valence-electron chi connectivity index (χ4n) is 4.51. The van der Waals surface area contributed by atoms with Crippen LogP contribution >= 0.6 is 0 Å². The van der Waals surface area contributed by atoms with Crippen molar-refractivity contribution < 1.29 is 9.42 Å². The van der Waals surface area contributed by atoms with Gasteiger partial charge in [0.2, 0.25) is 0 Å². The van der Waals surface area contributed by atoms with Gasteiger partial charge in [-0.25, -0.2) is 4.63 Å². The van der Waals surface area contributed by atoms with E-state index < -0.39 is 0 Å². The summed E-state index contributed by atoms with van der Waals surface area (Å²) in [5.41, 5.74) is 0.977. The molecule has 3 aliphatic heterocycles. The van der Waals surface area contributed by atoms with Gasteiger partial charge in [-0.2, -0.15) is 0 Å². The van der Waals surface area contributed by atoms with E-state index >= 15 is 0 Å². The van der Waals surface area contributed by atoms with E-state index in [1.54, 1.807) is 6.92 Å². The molecule has 0 unspecified atom stereocenters. The standard InChI is InChI=1S/C15H22N4O2/c1-10-14(17-21-16-10)15(20)19-8-11-6-12(9-19)13-4-2-3-5-18(13)7-11/h11-13H,2-9H2,1H3/t11-,12-,13+/m1/s1. The summed E-state index contributed by atoms with van der Waals surface area (Å²) in [4.78, 5) is 17.3. The molecule has 1 amide bonds. The van der Waals surface area contributed by atoms with Gasteiger partial charge in [0.25, 0.3) is 5.91 Å². The first-order chi connectivity index (χ1) is 10.2. The Morgan fingerprint density at radius 2 is 2.14 bits per heavy atom. The van der Waals surface area contributed by atoms with Gasteiger partial charge in [0.1, 0.15) is 5.69 Å². The number of hydrogen-bond acceptors (Lipinski definition) is 5. The van der Waals surface area contributed by atoms with E-state index in [-0.39, 0.29) is 5.91 Å². The quantitative estimate of drug-likeness (QED) is 0.780. The molecular weight excluding hydrogens is 268 g/mol. The van der Waals surface area contributed by atoms with Gasteiger partial charge in [0, 0.05) is 25.7 Å². The first-order valence-electron chi connectivity index (χ1n) is 8.05. The predicted octanol–water partition coefficient (Wildman–Crippen LogP) is 1.32. The fourth-order valence-corrected chi connectivity index (χ4v) is 4.51. The zero-order chi connectivity index (χ0) is 14.4. The van der Waals surface area contributed by atoms with Crippen LogP contribution in [0.25, 0.3) is 0 Å². The second-order valence-corrected chi connectivity index (χ2v) is 6.83. The second-order valence-electron chi connectivity index (χ2n) is 6.83. The van der Waals surface area contributed by atoms with Gasteiger partial charge in [-0.05, 0) is 49.7 Å². The van der Waals surface area contributed by atoms with Crippen molar-refractivity contribution in [2.45, 2.75) is 38.6 Å². The largest absolute Gasteiger partial charge is 0.336 e. The van der Waals surface area contributed by atoms with E-state index in [0.717, 1.165) is 19.6 Å². The maximum Gasteiger partial charge on any atom is 0.278 e. The van der Waals surface area contributed by atoms with Crippen LogP contribution < -0.4 is 0 Å². The summed E-state index contributed by atoms with van der Waals surface area (Å²) in [5.74, 6) is 1.23. The van der Waals surface area contributed by atoms with Crippen LogP contribution in [0.15, 0.2) is 4.63 Å². The number of carbonyl (C=O) groups is 1. The Balaban J connectivity index is 1.52. The lowest BCUT2D eigenvalue weighted by Crippen LogP contribution is -2.59. The summed E-state index contributed by atoms with van der Waals surface area (Å²) in [6, 6.07) is 0.683. The van der Waals surface area contributed by atoms with E-state index in [0.29, 0.717) is 29.3 Å². The Kier molecular flexibility index (Phi) is 3.21. The van der Waals surface area contributed by atoms with Crippen molar-refractivity contribution in [3.63, 3.8) is 0 Å². The Hall–Kier alpha value is -1.43. The number of rotatable bonds is 1. The van der Waals surface area contributed by atoms with Crippen molar-refractivity contribution >= 4 is 5.91 Å². The highest BCUT2D eigenvalue weighted by Gasteiger charge is 2.43. The highest BCUT2D eigenvalue weighted by Crippen LogP contribution is 2.37. The number of carbonyl (C=O) groups excluding carboxylic acids is 1. The molecule has 1 aromatic rings. The van der Waals surface area contributed by atoms with E-state index in [9.17, 15) is 4.79 Å². The maximum absolute atomic E-state index is 12.6. The van der Waals surface area contributed by atoms with Gasteiger partial charge in [0.15, 0.2) is 5.69 Å². The highest BCUT2D eigenvalue weighted by atomic mass is 16.6. The Morgan fingerprint density at radius 1 is 1.24 bits per heavy atom. The van der Waals surface area contributed by atoms with Gasteiger partial charge in [-0.15, -0.1) is 0 Å². The third-order valence-corrected chi connectivity index (χ3v) is 5.41. The summed E-state index contributed by atoms with van der Waals surface area (Å²) in [6.07, 6.45) is 5.25. The molecule has 0 radical (unpaired) electrons. The zero-order valence-corrected chi connectivity index (χ0v) is 12.5.